The number of rotatable bonds is 5. The van der Waals surface area contributed by atoms with Crippen molar-refractivity contribution in [3.63, 3.8) is 0 Å². The molecule has 23 heavy (non-hydrogen) atoms. The van der Waals surface area contributed by atoms with Gasteiger partial charge in [0.1, 0.15) is 5.70 Å². The first kappa shape index (κ1) is 16.2. The van der Waals surface area contributed by atoms with Crippen molar-refractivity contribution in [1.29, 1.82) is 0 Å². The van der Waals surface area contributed by atoms with Crippen LogP contribution >= 0.6 is 11.3 Å². The van der Waals surface area contributed by atoms with Crippen molar-refractivity contribution in [3.05, 3.63) is 28.1 Å². The van der Waals surface area contributed by atoms with Crippen LogP contribution in [0.2, 0.25) is 0 Å². The fourth-order valence-electron chi connectivity index (χ4n) is 3.05. The van der Waals surface area contributed by atoms with Gasteiger partial charge in [-0.15, -0.1) is 11.3 Å². The highest BCUT2D eigenvalue weighted by molar-refractivity contribution is 7.11. The van der Waals surface area contributed by atoms with E-state index < -0.39 is 0 Å². The third-order valence-corrected chi connectivity index (χ3v) is 5.35. The summed E-state index contributed by atoms with van der Waals surface area (Å²) < 4.78 is 0. The average Bonchev–Trinajstić information content (AvgIpc) is 3.14. The van der Waals surface area contributed by atoms with Crippen molar-refractivity contribution in [2.45, 2.75) is 19.8 Å². The number of carbonyl (C=O) groups is 2. The lowest BCUT2D eigenvalue weighted by molar-refractivity contribution is -0.137. The van der Waals surface area contributed by atoms with E-state index in [1.54, 1.807) is 0 Å². The molecule has 0 atom stereocenters. The Morgan fingerprint density at radius 1 is 1.13 bits per heavy atom. The number of unbranched alkanes of at least 4 members (excludes halogenated alkanes) is 1. The molecule has 2 aliphatic heterocycles. The molecule has 0 unspecified atom stereocenters. The van der Waals surface area contributed by atoms with E-state index in [-0.39, 0.29) is 11.8 Å². The standard InChI is InChI=1S/C17H23N3O2S/c1-3-4-7-20-16(21)14(13-6-5-12-23-13)15(17(20)22)19-10-8-18(2)9-11-19/h5-6,12H,3-4,7-11H2,1-2H3. The molecule has 6 heteroatoms. The second-order valence-electron chi connectivity index (χ2n) is 6.11. The van der Waals surface area contributed by atoms with Crippen LogP contribution < -0.4 is 0 Å². The first-order valence-corrected chi connectivity index (χ1v) is 9.09. The molecule has 1 aromatic heterocycles. The Hall–Kier alpha value is -1.66. The molecule has 0 aliphatic carbocycles. The Balaban J connectivity index is 1.95. The summed E-state index contributed by atoms with van der Waals surface area (Å²) in [7, 11) is 2.08. The Morgan fingerprint density at radius 2 is 1.87 bits per heavy atom. The molecule has 0 saturated carbocycles. The fraction of sp³-hybridized carbons (Fsp3) is 0.529. The molecule has 0 spiro atoms. The Labute approximate surface area is 141 Å². The molecule has 1 aromatic rings. The van der Waals surface area contributed by atoms with E-state index in [9.17, 15) is 9.59 Å². The SMILES string of the molecule is CCCCN1C(=O)C(c2cccs2)=C(N2CCN(C)CC2)C1=O. The summed E-state index contributed by atoms with van der Waals surface area (Å²) in [5.41, 5.74) is 1.22. The normalized spacial score (nSPS) is 20.1. The predicted octanol–water partition coefficient (Wildman–Crippen LogP) is 1.88. The first-order chi connectivity index (χ1) is 11.1. The molecule has 5 nitrogen and oxygen atoms in total. The van der Waals surface area contributed by atoms with Gasteiger partial charge in [0.25, 0.3) is 11.8 Å². The molecular formula is C17H23N3O2S. The van der Waals surface area contributed by atoms with E-state index in [0.717, 1.165) is 43.9 Å². The minimum atomic E-state index is -0.125. The number of hydrogen-bond donors (Lipinski definition) is 0. The summed E-state index contributed by atoms with van der Waals surface area (Å²) in [4.78, 5) is 32.4. The summed E-state index contributed by atoms with van der Waals surface area (Å²) in [6.45, 7) is 6.00. The maximum Gasteiger partial charge on any atom is 0.277 e. The van der Waals surface area contributed by atoms with Crippen molar-refractivity contribution >= 4 is 28.7 Å². The molecule has 124 valence electrons. The first-order valence-electron chi connectivity index (χ1n) is 8.21. The second kappa shape index (κ2) is 6.84. The maximum absolute atomic E-state index is 12.9. The summed E-state index contributed by atoms with van der Waals surface area (Å²) in [5.74, 6) is -0.240. The van der Waals surface area contributed by atoms with Gasteiger partial charge in [-0.25, -0.2) is 0 Å². The van der Waals surface area contributed by atoms with Gasteiger partial charge in [-0.2, -0.15) is 0 Å². The van der Waals surface area contributed by atoms with Crippen LogP contribution in [0.4, 0.5) is 0 Å². The van der Waals surface area contributed by atoms with Gasteiger partial charge in [0.15, 0.2) is 0 Å². The van der Waals surface area contributed by atoms with E-state index in [4.69, 9.17) is 0 Å². The molecule has 0 bridgehead atoms. The van der Waals surface area contributed by atoms with Crippen molar-refractivity contribution in [2.24, 2.45) is 0 Å². The van der Waals surface area contributed by atoms with Gasteiger partial charge in [-0.05, 0) is 24.9 Å². The van der Waals surface area contributed by atoms with E-state index in [1.807, 2.05) is 17.5 Å². The van der Waals surface area contributed by atoms with Gasteiger partial charge >= 0.3 is 0 Å². The molecule has 2 amide bonds. The van der Waals surface area contributed by atoms with Crippen LogP contribution in [0.3, 0.4) is 0 Å². The number of thiophene rings is 1. The number of amides is 2. The molecule has 1 saturated heterocycles. The Kier molecular flexibility index (Phi) is 4.82. The van der Waals surface area contributed by atoms with Gasteiger partial charge in [-0.1, -0.05) is 19.4 Å². The van der Waals surface area contributed by atoms with E-state index in [2.05, 4.69) is 23.8 Å². The van der Waals surface area contributed by atoms with Crippen LogP contribution in [0.1, 0.15) is 24.6 Å². The number of likely N-dealkylation sites (N-methyl/N-ethyl adjacent to an activating group) is 1. The molecule has 0 radical (unpaired) electrons. The van der Waals surface area contributed by atoms with E-state index in [0.29, 0.717) is 17.8 Å². The summed E-state index contributed by atoms with van der Waals surface area (Å²) in [6, 6.07) is 3.87. The summed E-state index contributed by atoms with van der Waals surface area (Å²) in [6.07, 6.45) is 1.82. The lowest BCUT2D eigenvalue weighted by atomic mass is 10.1. The van der Waals surface area contributed by atoms with Gasteiger partial charge < -0.3 is 9.80 Å². The lowest BCUT2D eigenvalue weighted by Crippen LogP contribution is -2.46. The molecule has 0 N–H and O–H groups in total. The number of imide groups is 1. The summed E-state index contributed by atoms with van der Waals surface area (Å²) in [5, 5.41) is 1.95. The maximum atomic E-state index is 12.9. The number of hydrogen-bond acceptors (Lipinski definition) is 5. The zero-order valence-corrected chi connectivity index (χ0v) is 14.6. The number of carbonyl (C=O) groups excluding carboxylic acids is 2. The largest absolute Gasteiger partial charge is 0.364 e. The van der Waals surface area contributed by atoms with Gasteiger partial charge in [0.2, 0.25) is 0 Å². The van der Waals surface area contributed by atoms with Crippen LogP contribution in [-0.4, -0.2) is 66.3 Å². The van der Waals surface area contributed by atoms with Gasteiger partial charge in [0, 0.05) is 37.6 Å². The van der Waals surface area contributed by atoms with Crippen LogP contribution in [-0.2, 0) is 9.59 Å². The van der Waals surface area contributed by atoms with Crippen LogP contribution in [0.5, 0.6) is 0 Å². The van der Waals surface area contributed by atoms with Crippen LogP contribution in [0.25, 0.3) is 5.57 Å². The average molecular weight is 333 g/mol. The highest BCUT2D eigenvalue weighted by Crippen LogP contribution is 2.34. The minimum Gasteiger partial charge on any atom is -0.364 e. The van der Waals surface area contributed by atoms with E-state index in [1.165, 1.54) is 16.2 Å². The van der Waals surface area contributed by atoms with Crippen molar-refractivity contribution in [2.75, 3.05) is 39.8 Å². The number of piperazine rings is 1. The molecule has 0 aromatic carbocycles. The van der Waals surface area contributed by atoms with E-state index >= 15 is 0 Å². The van der Waals surface area contributed by atoms with Crippen molar-refractivity contribution in [1.82, 2.24) is 14.7 Å². The molecule has 3 rings (SSSR count). The third-order valence-electron chi connectivity index (χ3n) is 4.47. The second-order valence-corrected chi connectivity index (χ2v) is 7.05. The lowest BCUT2D eigenvalue weighted by Gasteiger charge is -2.34. The smallest absolute Gasteiger partial charge is 0.277 e. The monoisotopic (exact) mass is 333 g/mol. The van der Waals surface area contributed by atoms with Gasteiger partial charge in [0.05, 0.1) is 5.57 Å². The van der Waals surface area contributed by atoms with Crippen LogP contribution in [0.15, 0.2) is 23.2 Å². The zero-order chi connectivity index (χ0) is 16.4. The predicted molar refractivity (Wildman–Crippen MR) is 91.9 cm³/mol. The molecular weight excluding hydrogens is 310 g/mol. The molecule has 1 fully saturated rings. The number of nitrogens with zero attached hydrogens (tertiary/aromatic N) is 3. The summed E-state index contributed by atoms with van der Waals surface area (Å²) >= 11 is 1.53. The highest BCUT2D eigenvalue weighted by Gasteiger charge is 2.41. The van der Waals surface area contributed by atoms with Crippen molar-refractivity contribution in [3.8, 4) is 0 Å². The Bertz CT molecular complexity index is 616. The minimum absolute atomic E-state index is 0.114. The third kappa shape index (κ3) is 3.05. The quantitative estimate of drug-likeness (QED) is 0.772. The Morgan fingerprint density at radius 3 is 2.48 bits per heavy atom. The van der Waals surface area contributed by atoms with Gasteiger partial charge in [-0.3, -0.25) is 14.5 Å². The van der Waals surface area contributed by atoms with Crippen molar-refractivity contribution < 1.29 is 9.59 Å². The highest BCUT2D eigenvalue weighted by atomic mass is 32.1. The molecule has 2 aliphatic rings. The molecule has 3 heterocycles. The fourth-order valence-corrected chi connectivity index (χ4v) is 3.81. The zero-order valence-electron chi connectivity index (χ0n) is 13.7. The topological polar surface area (TPSA) is 43.9 Å². The van der Waals surface area contributed by atoms with Crippen LogP contribution in [0, 0.1) is 0 Å².